The second-order valence-corrected chi connectivity index (χ2v) is 2.18. The molecule has 0 spiro atoms. The highest BCUT2D eigenvalue weighted by Crippen LogP contribution is 2.27. The second-order valence-electron chi connectivity index (χ2n) is 2.18. The maximum Gasteiger partial charge on any atom is 0.288 e. The lowest BCUT2D eigenvalue weighted by atomic mass is 10.2. The van der Waals surface area contributed by atoms with Crippen molar-refractivity contribution in [2.24, 2.45) is 0 Å². The Morgan fingerprint density at radius 3 is 3.20 bits per heavy atom. The molecule has 2 heterocycles. The zero-order valence-corrected chi connectivity index (χ0v) is 5.29. The molecule has 0 amide bonds. The van der Waals surface area contributed by atoms with E-state index < -0.39 is 0 Å². The molecule has 0 atom stereocenters. The third-order valence-electron chi connectivity index (χ3n) is 1.51. The van der Waals surface area contributed by atoms with Gasteiger partial charge in [0.25, 0.3) is 5.95 Å². The summed E-state index contributed by atoms with van der Waals surface area (Å²) in [6, 6.07) is 1.72. The first kappa shape index (κ1) is 5.53. The molecule has 52 valence electrons. The summed E-state index contributed by atoms with van der Waals surface area (Å²) >= 11 is 0. The van der Waals surface area contributed by atoms with E-state index in [9.17, 15) is 4.79 Å². The van der Waals surface area contributed by atoms with Crippen LogP contribution >= 0.6 is 0 Å². The predicted molar refractivity (Wildman–Crippen MR) is 33.3 cm³/mol. The molecule has 2 rings (SSSR count). The first-order chi connectivity index (χ1) is 4.90. The number of carbonyl (C=O) groups is 1. The molecule has 0 aliphatic carbocycles. The summed E-state index contributed by atoms with van der Waals surface area (Å²) < 4.78 is 10.0. The third kappa shape index (κ3) is 0.635. The minimum absolute atomic E-state index is 0.352. The number of rotatable bonds is 1. The minimum Gasteiger partial charge on any atom is -0.465 e. The molecule has 1 aromatic heterocycles. The molecule has 10 heavy (non-hydrogen) atoms. The van der Waals surface area contributed by atoms with Crippen molar-refractivity contribution in [2.45, 2.75) is 6.42 Å². The van der Waals surface area contributed by atoms with E-state index in [0.29, 0.717) is 24.6 Å². The summed E-state index contributed by atoms with van der Waals surface area (Å²) in [5.41, 5.74) is 1.00. The normalized spacial score (nSPS) is 14.4. The molecule has 1 aliphatic rings. The van der Waals surface area contributed by atoms with Crippen LogP contribution in [0.3, 0.4) is 0 Å². The molecule has 0 fully saturated rings. The maximum absolute atomic E-state index is 10.2. The van der Waals surface area contributed by atoms with E-state index in [2.05, 4.69) is 0 Å². The molecule has 1 aliphatic heterocycles. The van der Waals surface area contributed by atoms with E-state index in [1.807, 2.05) is 0 Å². The lowest BCUT2D eigenvalue weighted by Gasteiger charge is -1.88. The number of hydrogen-bond acceptors (Lipinski definition) is 3. The van der Waals surface area contributed by atoms with Crippen LogP contribution in [0, 0.1) is 0 Å². The first-order valence-electron chi connectivity index (χ1n) is 3.11. The summed E-state index contributed by atoms with van der Waals surface area (Å²) in [6.45, 7) is 0.674. The standard InChI is InChI=1S/C7H6O3/c8-4-6-3-5-1-2-9-7(5)10-6/h3-4H,1-2H2. The fourth-order valence-corrected chi connectivity index (χ4v) is 1.04. The number of aldehydes is 1. The van der Waals surface area contributed by atoms with Gasteiger partial charge in [-0.1, -0.05) is 0 Å². The third-order valence-corrected chi connectivity index (χ3v) is 1.51. The van der Waals surface area contributed by atoms with Gasteiger partial charge >= 0.3 is 0 Å². The molecule has 0 bridgehead atoms. The number of ether oxygens (including phenoxy) is 1. The highest BCUT2D eigenvalue weighted by Gasteiger charge is 2.17. The Balaban J connectivity index is 2.46. The van der Waals surface area contributed by atoms with Crippen LogP contribution in [0.5, 0.6) is 5.95 Å². The highest BCUT2D eigenvalue weighted by molar-refractivity contribution is 5.71. The van der Waals surface area contributed by atoms with Crippen LogP contribution in [0.4, 0.5) is 0 Å². The van der Waals surface area contributed by atoms with Crippen LogP contribution in [0.15, 0.2) is 10.5 Å². The second kappa shape index (κ2) is 1.87. The maximum atomic E-state index is 10.2. The van der Waals surface area contributed by atoms with Crippen LogP contribution < -0.4 is 4.74 Å². The lowest BCUT2D eigenvalue weighted by Crippen LogP contribution is -1.88. The van der Waals surface area contributed by atoms with Gasteiger partial charge in [0.1, 0.15) is 0 Å². The predicted octanol–water partition coefficient (Wildman–Crippen LogP) is 1.03. The minimum atomic E-state index is 0.352. The van der Waals surface area contributed by atoms with Gasteiger partial charge in [-0.3, -0.25) is 4.79 Å². The van der Waals surface area contributed by atoms with Gasteiger partial charge in [0, 0.05) is 12.0 Å². The monoisotopic (exact) mass is 138 g/mol. The van der Waals surface area contributed by atoms with Crippen molar-refractivity contribution >= 4 is 6.29 Å². The van der Waals surface area contributed by atoms with Crippen molar-refractivity contribution in [1.82, 2.24) is 0 Å². The van der Waals surface area contributed by atoms with E-state index >= 15 is 0 Å². The lowest BCUT2D eigenvalue weighted by molar-refractivity contribution is 0.109. The Labute approximate surface area is 57.6 Å². The topological polar surface area (TPSA) is 39.4 Å². The molecule has 0 saturated heterocycles. The van der Waals surface area contributed by atoms with E-state index in [0.717, 1.165) is 12.0 Å². The largest absolute Gasteiger partial charge is 0.465 e. The van der Waals surface area contributed by atoms with Gasteiger partial charge in [-0.2, -0.15) is 0 Å². The van der Waals surface area contributed by atoms with E-state index in [4.69, 9.17) is 9.15 Å². The zero-order valence-electron chi connectivity index (χ0n) is 5.29. The van der Waals surface area contributed by atoms with Gasteiger partial charge in [0.15, 0.2) is 12.0 Å². The molecule has 3 heteroatoms. The molecular formula is C7H6O3. The average molecular weight is 138 g/mol. The van der Waals surface area contributed by atoms with E-state index in [-0.39, 0.29) is 0 Å². The van der Waals surface area contributed by atoms with Crippen LogP contribution in [0.1, 0.15) is 16.1 Å². The quantitative estimate of drug-likeness (QED) is 0.544. The molecule has 0 aromatic carbocycles. The van der Waals surface area contributed by atoms with Gasteiger partial charge in [0.2, 0.25) is 0 Å². The Bertz CT molecular complexity index is 240. The van der Waals surface area contributed by atoms with E-state index in [1.54, 1.807) is 6.07 Å². The SMILES string of the molecule is O=Cc1cc2c(o1)OCC2. The number of hydrogen-bond donors (Lipinski definition) is 0. The van der Waals surface area contributed by atoms with Gasteiger partial charge in [-0.15, -0.1) is 0 Å². The smallest absolute Gasteiger partial charge is 0.288 e. The fraction of sp³-hybridized carbons (Fsp3) is 0.286. The zero-order chi connectivity index (χ0) is 6.97. The summed E-state index contributed by atoms with van der Waals surface area (Å²) in [4.78, 5) is 10.2. The first-order valence-corrected chi connectivity index (χ1v) is 3.11. The molecule has 0 radical (unpaired) electrons. The van der Waals surface area contributed by atoms with Gasteiger partial charge in [-0.25, -0.2) is 0 Å². The number of furan rings is 1. The van der Waals surface area contributed by atoms with Crippen molar-refractivity contribution in [3.8, 4) is 5.95 Å². The van der Waals surface area contributed by atoms with Crippen molar-refractivity contribution in [1.29, 1.82) is 0 Å². The van der Waals surface area contributed by atoms with Crippen molar-refractivity contribution in [3.05, 3.63) is 17.4 Å². The summed E-state index contributed by atoms with van der Waals surface area (Å²) in [5.74, 6) is 0.867. The summed E-state index contributed by atoms with van der Waals surface area (Å²) in [7, 11) is 0. The number of carbonyl (C=O) groups excluding carboxylic acids is 1. The van der Waals surface area contributed by atoms with Gasteiger partial charge in [-0.05, 0) is 6.07 Å². The molecule has 0 unspecified atom stereocenters. The summed E-state index contributed by atoms with van der Waals surface area (Å²) in [6.07, 6.45) is 1.54. The van der Waals surface area contributed by atoms with Crippen molar-refractivity contribution in [3.63, 3.8) is 0 Å². The Kier molecular flexibility index (Phi) is 1.03. The van der Waals surface area contributed by atoms with Crippen molar-refractivity contribution in [2.75, 3.05) is 6.61 Å². The Morgan fingerprint density at radius 1 is 1.60 bits per heavy atom. The van der Waals surface area contributed by atoms with Gasteiger partial charge < -0.3 is 9.15 Å². The van der Waals surface area contributed by atoms with Crippen LogP contribution in [0.25, 0.3) is 0 Å². The highest BCUT2D eigenvalue weighted by atomic mass is 16.6. The fourth-order valence-electron chi connectivity index (χ4n) is 1.04. The van der Waals surface area contributed by atoms with Gasteiger partial charge in [0.05, 0.1) is 6.61 Å². The average Bonchev–Trinajstić information content (AvgIpc) is 2.42. The van der Waals surface area contributed by atoms with E-state index in [1.165, 1.54) is 0 Å². The molecule has 0 saturated carbocycles. The Morgan fingerprint density at radius 2 is 2.50 bits per heavy atom. The summed E-state index contributed by atoms with van der Waals surface area (Å²) in [5, 5.41) is 0. The molecule has 1 aromatic rings. The van der Waals surface area contributed by atoms with Crippen LogP contribution in [0.2, 0.25) is 0 Å². The van der Waals surface area contributed by atoms with Crippen LogP contribution in [-0.2, 0) is 6.42 Å². The Hall–Kier alpha value is -1.25. The van der Waals surface area contributed by atoms with Crippen molar-refractivity contribution < 1.29 is 13.9 Å². The molecule has 3 nitrogen and oxygen atoms in total. The number of fused-ring (bicyclic) bond motifs is 1. The van der Waals surface area contributed by atoms with Crippen LogP contribution in [-0.4, -0.2) is 12.9 Å². The molecule has 0 N–H and O–H groups in total. The molecular weight excluding hydrogens is 132 g/mol.